The van der Waals surface area contributed by atoms with Crippen LogP contribution in [0.5, 0.6) is 0 Å². The van der Waals surface area contributed by atoms with Crippen LogP contribution in [0.1, 0.15) is 42.9 Å². The predicted molar refractivity (Wildman–Crippen MR) is 86.8 cm³/mol. The summed E-state index contributed by atoms with van der Waals surface area (Å²) in [5.74, 6) is -0.0322. The highest BCUT2D eigenvalue weighted by atomic mass is 19.4. The van der Waals surface area contributed by atoms with E-state index >= 15 is 0 Å². The fraction of sp³-hybridized carbons (Fsp3) is 0.611. The quantitative estimate of drug-likeness (QED) is 0.876. The molecule has 25 heavy (non-hydrogen) atoms. The van der Waals surface area contributed by atoms with Gasteiger partial charge in [0.2, 0.25) is 5.91 Å². The topological polar surface area (TPSA) is 52.6 Å². The van der Waals surface area contributed by atoms with Gasteiger partial charge >= 0.3 is 6.18 Å². The summed E-state index contributed by atoms with van der Waals surface area (Å²) in [6.45, 7) is 2.44. The lowest BCUT2D eigenvalue weighted by atomic mass is 9.72. The van der Waals surface area contributed by atoms with Crippen LogP contribution in [0.25, 0.3) is 0 Å². The summed E-state index contributed by atoms with van der Waals surface area (Å²) >= 11 is 0. The minimum absolute atomic E-state index is 0.0322. The maximum atomic E-state index is 12.8. The Labute approximate surface area is 145 Å². The van der Waals surface area contributed by atoms with Crippen LogP contribution in [0, 0.1) is 5.41 Å². The molecular formula is C18H23F3N2O2. The molecule has 2 aliphatic rings. The number of amides is 1. The third-order valence-corrected chi connectivity index (χ3v) is 5.40. The summed E-state index contributed by atoms with van der Waals surface area (Å²) in [5, 5.41) is 13.7. The Morgan fingerprint density at radius 2 is 1.96 bits per heavy atom. The number of nitrogens with one attached hydrogen (secondary N) is 1. The highest BCUT2D eigenvalue weighted by molar-refractivity contribution is 5.77. The number of alkyl halides is 3. The molecule has 0 aliphatic carbocycles. The number of aliphatic hydroxyl groups excluding tert-OH is 1. The Morgan fingerprint density at radius 3 is 2.64 bits per heavy atom. The first-order chi connectivity index (χ1) is 11.8. The zero-order chi connectivity index (χ0) is 18.1. The molecule has 1 amide bonds. The number of aliphatic hydroxyl groups is 1. The summed E-state index contributed by atoms with van der Waals surface area (Å²) in [4.78, 5) is 13.9. The molecule has 0 saturated carbocycles. The smallest absolute Gasteiger partial charge is 0.387 e. The van der Waals surface area contributed by atoms with Crippen molar-refractivity contribution in [3.8, 4) is 0 Å². The first-order valence-corrected chi connectivity index (χ1v) is 8.63. The van der Waals surface area contributed by atoms with Crippen molar-refractivity contribution in [2.45, 2.75) is 38.0 Å². The second-order valence-electron chi connectivity index (χ2n) is 7.16. The third kappa shape index (κ3) is 4.15. The molecule has 2 saturated heterocycles. The van der Waals surface area contributed by atoms with E-state index in [1.165, 1.54) is 12.1 Å². The van der Waals surface area contributed by atoms with Crippen molar-refractivity contribution in [2.75, 3.05) is 26.2 Å². The van der Waals surface area contributed by atoms with Crippen molar-refractivity contribution in [3.63, 3.8) is 0 Å². The van der Waals surface area contributed by atoms with E-state index in [2.05, 4.69) is 5.32 Å². The fourth-order valence-electron chi connectivity index (χ4n) is 3.87. The molecule has 2 fully saturated rings. The van der Waals surface area contributed by atoms with Gasteiger partial charge in [0.05, 0.1) is 18.2 Å². The number of halogens is 3. The van der Waals surface area contributed by atoms with E-state index in [4.69, 9.17) is 0 Å². The Morgan fingerprint density at radius 1 is 1.24 bits per heavy atom. The Bertz CT molecular complexity index is 627. The summed E-state index contributed by atoms with van der Waals surface area (Å²) < 4.78 is 38.5. The van der Waals surface area contributed by atoms with Crippen LogP contribution < -0.4 is 5.32 Å². The van der Waals surface area contributed by atoms with Gasteiger partial charge in [-0.3, -0.25) is 4.79 Å². The predicted octanol–water partition coefficient (Wildman–Crippen LogP) is 2.73. The van der Waals surface area contributed by atoms with Crippen molar-refractivity contribution in [1.82, 2.24) is 10.2 Å². The number of carbonyl (C=O) groups excluding carboxylic acids is 1. The van der Waals surface area contributed by atoms with Crippen molar-refractivity contribution in [1.29, 1.82) is 0 Å². The molecule has 0 bridgehead atoms. The van der Waals surface area contributed by atoms with Crippen LogP contribution in [0.4, 0.5) is 13.2 Å². The van der Waals surface area contributed by atoms with Gasteiger partial charge in [-0.1, -0.05) is 12.1 Å². The van der Waals surface area contributed by atoms with E-state index in [0.29, 0.717) is 13.0 Å². The average Bonchev–Trinajstić information content (AvgIpc) is 2.58. The molecule has 3 rings (SSSR count). The van der Waals surface area contributed by atoms with Gasteiger partial charge < -0.3 is 15.3 Å². The Kier molecular flexibility index (Phi) is 5.06. The van der Waals surface area contributed by atoms with E-state index in [0.717, 1.165) is 44.5 Å². The lowest BCUT2D eigenvalue weighted by molar-refractivity contribution is -0.140. The summed E-state index contributed by atoms with van der Waals surface area (Å²) in [7, 11) is 0. The largest absolute Gasteiger partial charge is 0.416 e. The molecule has 0 aromatic heterocycles. The van der Waals surface area contributed by atoms with Crippen molar-refractivity contribution >= 4 is 5.91 Å². The Balaban J connectivity index is 1.71. The fourth-order valence-corrected chi connectivity index (χ4v) is 3.87. The molecule has 0 unspecified atom stereocenters. The van der Waals surface area contributed by atoms with Crippen molar-refractivity contribution < 1.29 is 23.1 Å². The standard InChI is InChI=1S/C18H23F3N2O2/c19-18(20,21)14-3-1-2-13(10-14)15(24)11-23-12-17(5-4-16(23)25)6-8-22-9-7-17/h1-3,10,15,22,24H,4-9,11-12H2/t15-/m0/s1. The molecule has 4 nitrogen and oxygen atoms in total. The number of hydrogen-bond donors (Lipinski definition) is 2. The molecule has 0 radical (unpaired) electrons. The van der Waals surface area contributed by atoms with Crippen LogP contribution >= 0.6 is 0 Å². The number of nitrogens with zero attached hydrogens (tertiary/aromatic N) is 1. The molecule has 2 heterocycles. The average molecular weight is 356 g/mol. The molecule has 1 aromatic carbocycles. The zero-order valence-corrected chi connectivity index (χ0v) is 14.0. The van der Waals surface area contributed by atoms with Crippen LogP contribution in [0.2, 0.25) is 0 Å². The molecule has 2 aliphatic heterocycles. The van der Waals surface area contributed by atoms with Crippen LogP contribution in [0.3, 0.4) is 0 Å². The number of likely N-dealkylation sites (tertiary alicyclic amines) is 1. The number of piperidine rings is 2. The highest BCUT2D eigenvalue weighted by Gasteiger charge is 2.40. The van der Waals surface area contributed by atoms with E-state index < -0.39 is 17.8 Å². The molecule has 1 aromatic rings. The molecular weight excluding hydrogens is 333 g/mol. The SMILES string of the molecule is O=C1CCC2(CCNCC2)CN1C[C@H](O)c1cccc(C(F)(F)F)c1. The summed E-state index contributed by atoms with van der Waals surface area (Å²) in [5.41, 5.74) is -0.524. The van der Waals surface area contributed by atoms with Gasteiger partial charge in [0, 0.05) is 13.0 Å². The van der Waals surface area contributed by atoms with Gasteiger partial charge in [-0.05, 0) is 55.5 Å². The number of rotatable bonds is 3. The second-order valence-corrected chi connectivity index (χ2v) is 7.16. The first kappa shape index (κ1) is 18.2. The van der Waals surface area contributed by atoms with Crippen molar-refractivity contribution in [3.05, 3.63) is 35.4 Å². The van der Waals surface area contributed by atoms with Gasteiger partial charge in [0.25, 0.3) is 0 Å². The molecule has 1 spiro atoms. The van der Waals surface area contributed by atoms with Gasteiger partial charge in [-0.15, -0.1) is 0 Å². The first-order valence-electron chi connectivity index (χ1n) is 8.63. The van der Waals surface area contributed by atoms with Crippen LogP contribution in [0.15, 0.2) is 24.3 Å². The van der Waals surface area contributed by atoms with Crippen LogP contribution in [-0.2, 0) is 11.0 Å². The normalized spacial score (nSPS) is 22.2. The maximum absolute atomic E-state index is 12.8. The number of hydrogen-bond acceptors (Lipinski definition) is 3. The highest BCUT2D eigenvalue weighted by Crippen LogP contribution is 2.39. The van der Waals surface area contributed by atoms with Crippen LogP contribution in [-0.4, -0.2) is 42.1 Å². The van der Waals surface area contributed by atoms with Gasteiger partial charge in [-0.25, -0.2) is 0 Å². The monoisotopic (exact) mass is 356 g/mol. The summed E-state index contributed by atoms with van der Waals surface area (Å²) in [6.07, 6.45) is -2.31. The number of β-amino-alcohol motifs (C(OH)–C–C–N with tert-alkyl or cyclic N) is 1. The zero-order valence-electron chi connectivity index (χ0n) is 14.0. The van der Waals surface area contributed by atoms with E-state index in [1.807, 2.05) is 0 Å². The van der Waals surface area contributed by atoms with E-state index in [1.54, 1.807) is 4.90 Å². The van der Waals surface area contributed by atoms with Crippen molar-refractivity contribution in [2.24, 2.45) is 5.41 Å². The molecule has 2 N–H and O–H groups in total. The number of benzene rings is 1. The minimum atomic E-state index is -4.45. The Hall–Kier alpha value is -1.60. The van der Waals surface area contributed by atoms with E-state index in [9.17, 15) is 23.1 Å². The van der Waals surface area contributed by atoms with E-state index in [-0.39, 0.29) is 23.4 Å². The third-order valence-electron chi connectivity index (χ3n) is 5.40. The second kappa shape index (κ2) is 6.96. The lowest BCUT2D eigenvalue weighted by Gasteiger charge is -2.45. The molecule has 138 valence electrons. The lowest BCUT2D eigenvalue weighted by Crippen LogP contribution is -2.51. The molecule has 7 heteroatoms. The van der Waals surface area contributed by atoms with Gasteiger partial charge in [0.15, 0.2) is 0 Å². The number of carbonyl (C=O) groups is 1. The maximum Gasteiger partial charge on any atom is 0.416 e. The molecule has 1 atom stereocenters. The summed E-state index contributed by atoms with van der Waals surface area (Å²) in [6, 6.07) is 4.69. The van der Waals surface area contributed by atoms with Gasteiger partial charge in [0.1, 0.15) is 0 Å². The minimum Gasteiger partial charge on any atom is -0.387 e. The van der Waals surface area contributed by atoms with Gasteiger partial charge in [-0.2, -0.15) is 13.2 Å².